The van der Waals surface area contributed by atoms with Crippen molar-refractivity contribution >= 4 is 38.2 Å². The van der Waals surface area contributed by atoms with E-state index in [4.69, 9.17) is 4.74 Å². The van der Waals surface area contributed by atoms with Crippen LogP contribution in [0, 0.1) is 11.6 Å². The van der Waals surface area contributed by atoms with Crippen molar-refractivity contribution in [1.82, 2.24) is 14.8 Å². The average Bonchev–Trinajstić information content (AvgIpc) is 3.23. The molecule has 5 rings (SSSR count). The topological polar surface area (TPSA) is 115 Å². The highest BCUT2D eigenvalue weighted by atomic mass is 32.2. The molecule has 0 aliphatic rings. The van der Waals surface area contributed by atoms with Crippen molar-refractivity contribution < 1.29 is 26.7 Å². The Morgan fingerprint density at radius 3 is 2.35 bits per heavy atom. The zero-order chi connectivity index (χ0) is 28.6. The van der Waals surface area contributed by atoms with Gasteiger partial charge >= 0.3 is 0 Å². The molecule has 5 aromatic rings. The molecular weight excluding hydrogens is 540 g/mol. The molecule has 0 radical (unpaired) electrons. The number of aryl methyl sites for hydroxylation is 1. The van der Waals surface area contributed by atoms with Gasteiger partial charge in [0.15, 0.2) is 0 Å². The number of halogens is 2. The van der Waals surface area contributed by atoms with Crippen molar-refractivity contribution in [1.29, 1.82) is 0 Å². The van der Waals surface area contributed by atoms with Gasteiger partial charge in [-0.15, -0.1) is 0 Å². The van der Waals surface area contributed by atoms with Gasteiger partial charge in [-0.25, -0.2) is 22.2 Å². The normalized spacial score (nSPS) is 11.4. The van der Waals surface area contributed by atoms with Gasteiger partial charge in [0.25, 0.3) is 10.0 Å². The smallest absolute Gasteiger partial charge is 0.264 e. The Bertz CT molecular complexity index is 1870. The van der Waals surface area contributed by atoms with E-state index in [1.165, 1.54) is 26.3 Å². The summed E-state index contributed by atoms with van der Waals surface area (Å²) in [4.78, 5) is 14.9. The van der Waals surface area contributed by atoms with Gasteiger partial charge in [-0.1, -0.05) is 18.2 Å². The number of methoxy groups -OCH3 is 1. The number of sulfonamides is 1. The zero-order valence-corrected chi connectivity index (χ0v) is 22.4. The van der Waals surface area contributed by atoms with Crippen LogP contribution in [0.1, 0.15) is 6.92 Å². The Kier molecular flexibility index (Phi) is 6.94. The molecule has 0 saturated heterocycles. The lowest BCUT2D eigenvalue weighted by molar-refractivity contribution is -0.114. The fourth-order valence-corrected chi connectivity index (χ4v) is 5.48. The molecule has 0 aliphatic heterocycles. The molecule has 12 heteroatoms. The number of benzene rings is 3. The number of nitrogens with zero attached hydrogens (tertiary/aromatic N) is 3. The van der Waals surface area contributed by atoms with Crippen LogP contribution < -0.4 is 14.8 Å². The average molecular weight is 564 g/mol. The zero-order valence-electron chi connectivity index (χ0n) is 21.6. The van der Waals surface area contributed by atoms with E-state index in [2.05, 4.69) is 20.1 Å². The molecule has 1 amide bonds. The van der Waals surface area contributed by atoms with Crippen molar-refractivity contribution in [3.05, 3.63) is 84.6 Å². The minimum absolute atomic E-state index is 0.0243. The molecule has 3 aromatic carbocycles. The van der Waals surface area contributed by atoms with Gasteiger partial charge in [0.05, 0.1) is 18.3 Å². The SMILES string of the molecule is COc1ncc(-c2ccc3nn(C)c(-c4ccc(NC(C)=O)cc4)c3c2)cc1NS(=O)(=O)c1ccc(F)cc1F. The Morgan fingerprint density at radius 2 is 1.68 bits per heavy atom. The molecule has 40 heavy (non-hydrogen) atoms. The Hall–Kier alpha value is -4.84. The first-order chi connectivity index (χ1) is 19.1. The Balaban J connectivity index is 1.54. The maximum atomic E-state index is 14.2. The van der Waals surface area contributed by atoms with Gasteiger partial charge < -0.3 is 10.1 Å². The van der Waals surface area contributed by atoms with Crippen molar-refractivity contribution in [3.8, 4) is 28.3 Å². The third kappa shape index (κ3) is 5.21. The lowest BCUT2D eigenvalue weighted by Gasteiger charge is -2.13. The highest BCUT2D eigenvalue weighted by Crippen LogP contribution is 2.35. The summed E-state index contributed by atoms with van der Waals surface area (Å²) < 4.78 is 62.7. The number of carbonyl (C=O) groups is 1. The molecular formula is C28H23F2N5O4S. The number of amides is 1. The van der Waals surface area contributed by atoms with Crippen LogP contribution in [0.25, 0.3) is 33.3 Å². The lowest BCUT2D eigenvalue weighted by atomic mass is 10.0. The van der Waals surface area contributed by atoms with Crippen molar-refractivity contribution in [2.75, 3.05) is 17.1 Å². The number of anilines is 2. The molecule has 0 fully saturated rings. The largest absolute Gasteiger partial charge is 0.480 e. The van der Waals surface area contributed by atoms with Crippen LogP contribution in [0.3, 0.4) is 0 Å². The molecule has 0 saturated carbocycles. The van der Waals surface area contributed by atoms with Crippen molar-refractivity contribution in [2.24, 2.45) is 7.05 Å². The summed E-state index contributed by atoms with van der Waals surface area (Å²) in [5.41, 5.74) is 4.35. The number of pyridine rings is 1. The molecule has 0 bridgehead atoms. The first kappa shape index (κ1) is 26.8. The van der Waals surface area contributed by atoms with Gasteiger partial charge in [0.2, 0.25) is 11.8 Å². The summed E-state index contributed by atoms with van der Waals surface area (Å²) in [6.45, 7) is 1.44. The van der Waals surface area contributed by atoms with Crippen LogP contribution in [0.4, 0.5) is 20.2 Å². The van der Waals surface area contributed by atoms with E-state index in [1.54, 1.807) is 16.8 Å². The van der Waals surface area contributed by atoms with Crippen LogP contribution in [0.15, 0.2) is 77.8 Å². The second-order valence-corrected chi connectivity index (χ2v) is 10.6. The van der Waals surface area contributed by atoms with Crippen LogP contribution in [-0.2, 0) is 21.9 Å². The molecule has 9 nitrogen and oxygen atoms in total. The summed E-state index contributed by atoms with van der Waals surface area (Å²) in [6.07, 6.45) is 1.52. The van der Waals surface area contributed by atoms with E-state index in [-0.39, 0.29) is 17.5 Å². The van der Waals surface area contributed by atoms with E-state index in [1.807, 2.05) is 37.4 Å². The maximum Gasteiger partial charge on any atom is 0.264 e. The molecule has 2 N–H and O–H groups in total. The third-order valence-corrected chi connectivity index (χ3v) is 7.52. The molecule has 204 valence electrons. The standard InChI is InChI=1S/C28H23F2N5O4S/c1-16(36)32-21-8-4-17(5-9-21)27-22-12-18(6-10-24(22)33-35(27)2)19-13-25(28(39-3)31-15-19)34-40(37,38)26-11-7-20(29)14-23(26)30/h4-15,34H,1-3H3,(H,32,36). The summed E-state index contributed by atoms with van der Waals surface area (Å²) in [5.74, 6) is -2.32. The molecule has 2 aromatic heterocycles. The predicted molar refractivity (Wildman–Crippen MR) is 147 cm³/mol. The quantitative estimate of drug-likeness (QED) is 0.276. The van der Waals surface area contributed by atoms with Crippen LogP contribution in [-0.4, -0.2) is 36.2 Å². The number of ether oxygens (including phenoxy) is 1. The third-order valence-electron chi connectivity index (χ3n) is 6.12. The Labute approximate surface area is 228 Å². The maximum absolute atomic E-state index is 14.2. The summed E-state index contributed by atoms with van der Waals surface area (Å²) >= 11 is 0. The first-order valence-corrected chi connectivity index (χ1v) is 13.4. The van der Waals surface area contributed by atoms with Crippen molar-refractivity contribution in [2.45, 2.75) is 11.8 Å². The summed E-state index contributed by atoms with van der Waals surface area (Å²) in [6, 6.07) is 16.6. The van der Waals surface area contributed by atoms with Gasteiger partial charge in [0.1, 0.15) is 22.2 Å². The second kappa shape index (κ2) is 10.4. The fraction of sp³-hybridized carbons (Fsp3) is 0.107. The molecule has 0 aliphatic carbocycles. The van der Waals surface area contributed by atoms with Gasteiger partial charge in [0, 0.05) is 48.4 Å². The fourth-order valence-electron chi connectivity index (χ4n) is 4.37. The summed E-state index contributed by atoms with van der Waals surface area (Å²) in [7, 11) is -1.28. The molecule has 0 unspecified atom stereocenters. The van der Waals surface area contributed by atoms with Gasteiger partial charge in [-0.3, -0.25) is 14.2 Å². The number of hydrogen-bond acceptors (Lipinski definition) is 6. The van der Waals surface area contributed by atoms with Crippen LogP contribution in [0.5, 0.6) is 5.88 Å². The predicted octanol–water partition coefficient (Wildman–Crippen LogP) is 5.35. The number of rotatable bonds is 7. The molecule has 0 spiro atoms. The van der Waals surface area contributed by atoms with E-state index in [0.717, 1.165) is 34.3 Å². The first-order valence-electron chi connectivity index (χ1n) is 11.9. The van der Waals surface area contributed by atoms with E-state index in [9.17, 15) is 22.0 Å². The number of fused-ring (bicyclic) bond motifs is 1. The molecule has 0 atom stereocenters. The van der Waals surface area contributed by atoms with E-state index in [0.29, 0.717) is 22.9 Å². The van der Waals surface area contributed by atoms with Crippen LogP contribution in [0.2, 0.25) is 0 Å². The van der Waals surface area contributed by atoms with Crippen molar-refractivity contribution in [3.63, 3.8) is 0 Å². The highest BCUT2D eigenvalue weighted by molar-refractivity contribution is 7.92. The monoisotopic (exact) mass is 563 g/mol. The Morgan fingerprint density at radius 1 is 0.950 bits per heavy atom. The summed E-state index contributed by atoms with van der Waals surface area (Å²) in [5, 5.41) is 8.17. The van der Waals surface area contributed by atoms with Gasteiger partial charge in [-0.2, -0.15) is 5.10 Å². The minimum atomic E-state index is -4.43. The second-order valence-electron chi connectivity index (χ2n) is 8.92. The lowest BCUT2D eigenvalue weighted by Crippen LogP contribution is -2.15. The number of hydrogen-bond donors (Lipinski definition) is 2. The van der Waals surface area contributed by atoms with Crippen LogP contribution >= 0.6 is 0 Å². The number of aromatic nitrogens is 3. The van der Waals surface area contributed by atoms with E-state index < -0.39 is 26.6 Å². The minimum Gasteiger partial charge on any atom is -0.480 e. The highest BCUT2D eigenvalue weighted by Gasteiger charge is 2.22. The number of nitrogens with one attached hydrogen (secondary N) is 2. The van der Waals surface area contributed by atoms with E-state index >= 15 is 0 Å². The molecule has 2 heterocycles. The number of carbonyl (C=O) groups excluding carboxylic acids is 1. The van der Waals surface area contributed by atoms with Gasteiger partial charge in [-0.05, 0) is 48.0 Å².